The SMILES string of the molecule is CCOCCCCC[C@@H](OC(=O)C1CCc2cc(OCc3ccccc3)ccc2C1C)C(F)(F)F. The van der Waals surface area contributed by atoms with Crippen LogP contribution in [0.4, 0.5) is 13.2 Å². The van der Waals surface area contributed by atoms with Gasteiger partial charge in [0.2, 0.25) is 0 Å². The molecule has 7 heteroatoms. The number of esters is 1. The van der Waals surface area contributed by atoms with Crippen molar-refractivity contribution in [2.45, 2.75) is 77.2 Å². The van der Waals surface area contributed by atoms with Crippen molar-refractivity contribution in [2.75, 3.05) is 13.2 Å². The number of hydrogen-bond donors (Lipinski definition) is 0. The molecule has 35 heavy (non-hydrogen) atoms. The van der Waals surface area contributed by atoms with Gasteiger partial charge in [-0.25, -0.2) is 0 Å². The summed E-state index contributed by atoms with van der Waals surface area (Å²) in [6.45, 7) is 5.33. The van der Waals surface area contributed by atoms with Crippen molar-refractivity contribution in [2.24, 2.45) is 5.92 Å². The zero-order chi connectivity index (χ0) is 25.3. The summed E-state index contributed by atoms with van der Waals surface area (Å²) < 4.78 is 56.8. The average Bonchev–Trinajstić information content (AvgIpc) is 2.84. The maximum Gasteiger partial charge on any atom is 0.425 e. The van der Waals surface area contributed by atoms with Gasteiger partial charge in [-0.3, -0.25) is 4.79 Å². The summed E-state index contributed by atoms with van der Waals surface area (Å²) in [6, 6.07) is 15.6. The monoisotopic (exact) mass is 492 g/mol. The first-order chi connectivity index (χ1) is 16.8. The van der Waals surface area contributed by atoms with Gasteiger partial charge in [-0.05, 0) is 73.8 Å². The number of benzene rings is 2. The number of fused-ring (bicyclic) bond motifs is 1. The minimum atomic E-state index is -4.57. The van der Waals surface area contributed by atoms with E-state index in [0.717, 1.165) is 22.4 Å². The molecule has 0 aromatic heterocycles. The molecule has 2 aromatic carbocycles. The minimum absolute atomic E-state index is 0.221. The molecule has 0 amide bonds. The number of aryl methyl sites for hydroxylation is 1. The van der Waals surface area contributed by atoms with Crippen LogP contribution in [-0.2, 0) is 27.3 Å². The Morgan fingerprint density at radius 1 is 1.09 bits per heavy atom. The highest BCUT2D eigenvalue weighted by molar-refractivity contribution is 5.74. The normalized spacial score (nSPS) is 18.5. The first-order valence-electron chi connectivity index (χ1n) is 12.4. The zero-order valence-corrected chi connectivity index (χ0v) is 20.5. The number of carbonyl (C=O) groups is 1. The van der Waals surface area contributed by atoms with E-state index in [1.807, 2.05) is 62.4 Å². The molecule has 0 N–H and O–H groups in total. The highest BCUT2D eigenvalue weighted by Gasteiger charge is 2.44. The average molecular weight is 493 g/mol. The molecule has 0 spiro atoms. The molecule has 3 atom stereocenters. The third kappa shape index (κ3) is 7.99. The second-order valence-electron chi connectivity index (χ2n) is 9.08. The molecule has 3 rings (SSSR count). The van der Waals surface area contributed by atoms with Crippen molar-refractivity contribution in [1.82, 2.24) is 0 Å². The van der Waals surface area contributed by atoms with Gasteiger partial charge in [-0.2, -0.15) is 13.2 Å². The summed E-state index contributed by atoms with van der Waals surface area (Å²) >= 11 is 0. The molecule has 0 bridgehead atoms. The summed E-state index contributed by atoms with van der Waals surface area (Å²) in [5.41, 5.74) is 3.09. The van der Waals surface area contributed by atoms with E-state index in [1.54, 1.807) is 0 Å². The van der Waals surface area contributed by atoms with Crippen LogP contribution in [0.25, 0.3) is 0 Å². The zero-order valence-electron chi connectivity index (χ0n) is 20.5. The summed E-state index contributed by atoms with van der Waals surface area (Å²) in [6.07, 6.45) is -4.18. The largest absolute Gasteiger partial charge is 0.489 e. The van der Waals surface area contributed by atoms with Gasteiger partial charge in [0.25, 0.3) is 0 Å². The second-order valence-corrected chi connectivity index (χ2v) is 9.08. The van der Waals surface area contributed by atoms with E-state index in [1.165, 1.54) is 0 Å². The molecule has 192 valence electrons. The van der Waals surface area contributed by atoms with E-state index in [9.17, 15) is 18.0 Å². The molecular formula is C28H35F3O4. The maximum atomic E-state index is 13.5. The summed E-state index contributed by atoms with van der Waals surface area (Å²) in [7, 11) is 0. The Hall–Kier alpha value is -2.54. The third-order valence-electron chi connectivity index (χ3n) is 6.57. The van der Waals surface area contributed by atoms with Crippen LogP contribution in [0.2, 0.25) is 0 Å². The fraction of sp³-hybridized carbons (Fsp3) is 0.536. The topological polar surface area (TPSA) is 44.8 Å². The number of carbonyl (C=O) groups excluding carboxylic acids is 1. The second kappa shape index (κ2) is 13.0. The molecule has 0 fully saturated rings. The van der Waals surface area contributed by atoms with E-state index in [-0.39, 0.29) is 12.3 Å². The van der Waals surface area contributed by atoms with Crippen molar-refractivity contribution in [1.29, 1.82) is 0 Å². The number of rotatable bonds is 12. The van der Waals surface area contributed by atoms with E-state index in [2.05, 4.69) is 0 Å². The van der Waals surface area contributed by atoms with Crippen molar-refractivity contribution in [3.63, 3.8) is 0 Å². The van der Waals surface area contributed by atoms with Crippen LogP contribution in [0, 0.1) is 5.92 Å². The Morgan fingerprint density at radius 2 is 1.86 bits per heavy atom. The summed E-state index contributed by atoms with van der Waals surface area (Å²) in [5.74, 6) is -0.845. The summed E-state index contributed by atoms with van der Waals surface area (Å²) in [5, 5.41) is 0. The Balaban J connectivity index is 1.57. The fourth-order valence-electron chi connectivity index (χ4n) is 4.55. The van der Waals surface area contributed by atoms with Crippen LogP contribution in [0.3, 0.4) is 0 Å². The van der Waals surface area contributed by atoms with Gasteiger partial charge < -0.3 is 14.2 Å². The quantitative estimate of drug-likeness (QED) is 0.236. The van der Waals surface area contributed by atoms with Crippen LogP contribution in [-0.4, -0.2) is 31.5 Å². The lowest BCUT2D eigenvalue weighted by Crippen LogP contribution is -2.37. The summed E-state index contributed by atoms with van der Waals surface area (Å²) in [4.78, 5) is 12.8. The Morgan fingerprint density at radius 3 is 2.57 bits per heavy atom. The van der Waals surface area contributed by atoms with Crippen LogP contribution in [0.5, 0.6) is 5.75 Å². The lowest BCUT2D eigenvalue weighted by Gasteiger charge is -2.31. The lowest BCUT2D eigenvalue weighted by atomic mass is 9.76. The first-order valence-corrected chi connectivity index (χ1v) is 12.4. The first kappa shape index (κ1) is 27.1. The van der Waals surface area contributed by atoms with Crippen molar-refractivity contribution in [3.05, 3.63) is 65.2 Å². The predicted octanol–water partition coefficient (Wildman–Crippen LogP) is 7.00. The lowest BCUT2D eigenvalue weighted by molar-refractivity contribution is -0.225. The van der Waals surface area contributed by atoms with E-state index in [4.69, 9.17) is 14.2 Å². The van der Waals surface area contributed by atoms with E-state index >= 15 is 0 Å². The molecule has 0 aliphatic heterocycles. The van der Waals surface area contributed by atoms with Gasteiger partial charge in [0.1, 0.15) is 12.4 Å². The van der Waals surface area contributed by atoms with Gasteiger partial charge in [0.05, 0.1) is 5.92 Å². The smallest absolute Gasteiger partial charge is 0.425 e. The van der Waals surface area contributed by atoms with Gasteiger partial charge in [-0.1, -0.05) is 49.7 Å². The Bertz CT molecular complexity index is 930. The number of hydrogen-bond acceptors (Lipinski definition) is 4. The molecule has 0 saturated heterocycles. The standard InChI is InChI=1S/C28H35F3O4/c1-3-33-17-9-5-8-12-26(28(29,30)31)35-27(32)25-15-13-22-18-23(14-16-24(22)20(25)2)34-19-21-10-6-4-7-11-21/h4,6-7,10-11,14,16,18,20,25-26H,3,5,8-9,12-13,15,17,19H2,1-2H3/t20?,25?,26-/m1/s1. The van der Waals surface area contributed by atoms with E-state index < -0.39 is 24.2 Å². The minimum Gasteiger partial charge on any atom is -0.489 e. The van der Waals surface area contributed by atoms with E-state index in [0.29, 0.717) is 51.9 Å². The molecule has 2 aromatic rings. The van der Waals surface area contributed by atoms with Gasteiger partial charge >= 0.3 is 12.1 Å². The molecule has 4 nitrogen and oxygen atoms in total. The maximum absolute atomic E-state index is 13.5. The molecule has 0 heterocycles. The molecule has 0 radical (unpaired) electrons. The number of ether oxygens (including phenoxy) is 3. The van der Waals surface area contributed by atoms with Gasteiger partial charge in [-0.15, -0.1) is 0 Å². The molecule has 2 unspecified atom stereocenters. The Labute approximate surface area is 205 Å². The highest BCUT2D eigenvalue weighted by atomic mass is 19.4. The third-order valence-corrected chi connectivity index (χ3v) is 6.57. The van der Waals surface area contributed by atoms with Crippen LogP contribution >= 0.6 is 0 Å². The van der Waals surface area contributed by atoms with Crippen molar-refractivity contribution in [3.8, 4) is 5.75 Å². The van der Waals surface area contributed by atoms with Crippen LogP contribution in [0.1, 0.15) is 68.6 Å². The van der Waals surface area contributed by atoms with Gasteiger partial charge in [0, 0.05) is 13.2 Å². The predicted molar refractivity (Wildman–Crippen MR) is 128 cm³/mol. The number of halogens is 3. The Kier molecular flexibility index (Phi) is 10.0. The van der Waals surface area contributed by atoms with Crippen molar-refractivity contribution >= 4 is 5.97 Å². The number of alkyl halides is 3. The van der Waals surface area contributed by atoms with Crippen molar-refractivity contribution < 1.29 is 32.2 Å². The molecule has 1 aliphatic rings. The number of unbranched alkanes of at least 4 members (excludes halogenated alkanes) is 2. The van der Waals surface area contributed by atoms with Crippen LogP contribution < -0.4 is 4.74 Å². The van der Waals surface area contributed by atoms with Gasteiger partial charge in [0.15, 0.2) is 6.10 Å². The highest BCUT2D eigenvalue weighted by Crippen LogP contribution is 2.39. The molecular weight excluding hydrogens is 457 g/mol. The fourth-order valence-corrected chi connectivity index (χ4v) is 4.55. The molecule has 0 saturated carbocycles. The van der Waals surface area contributed by atoms with Crippen LogP contribution in [0.15, 0.2) is 48.5 Å². The molecule has 1 aliphatic carbocycles.